The highest BCUT2D eigenvalue weighted by Crippen LogP contribution is 2.39. The van der Waals surface area contributed by atoms with E-state index in [9.17, 15) is 4.79 Å². The molecule has 0 aromatic carbocycles. The third kappa shape index (κ3) is 5.07. The molecule has 0 spiro atoms. The lowest BCUT2D eigenvalue weighted by Gasteiger charge is -2.11. The molecule has 12 heavy (non-hydrogen) atoms. The smallest absolute Gasteiger partial charge is 0.396 e. The fraction of sp³-hybridized carbons (Fsp3) is 0.500. The predicted molar refractivity (Wildman–Crippen MR) is 43.4 cm³/mol. The third-order valence-electron chi connectivity index (χ3n) is 0.843. The summed E-state index contributed by atoms with van der Waals surface area (Å²) in [7, 11) is 1.38. The first-order valence-corrected chi connectivity index (χ1v) is 4.17. The van der Waals surface area contributed by atoms with E-state index in [4.69, 9.17) is 18.7 Å². The van der Waals surface area contributed by atoms with Crippen LogP contribution in [0.1, 0.15) is 6.92 Å². The molecule has 0 aliphatic rings. The van der Waals surface area contributed by atoms with Crippen LogP contribution in [0.4, 0.5) is 0 Å². The molecule has 0 atom stereocenters. The van der Waals surface area contributed by atoms with E-state index in [0.717, 1.165) is 6.08 Å². The molecule has 0 fully saturated rings. The normalized spacial score (nSPS) is 11.8. The Balaban J connectivity index is 3.97. The van der Waals surface area contributed by atoms with E-state index in [1.165, 1.54) is 21.1 Å². The molecule has 0 heterocycles. The van der Waals surface area contributed by atoms with E-state index in [2.05, 4.69) is 0 Å². The van der Waals surface area contributed by atoms with Gasteiger partial charge in [-0.2, -0.15) is 0 Å². The van der Waals surface area contributed by atoms with Crippen molar-refractivity contribution < 1.29 is 23.5 Å². The molecule has 0 aliphatic carbocycles. The lowest BCUT2D eigenvalue weighted by molar-refractivity contribution is -0.131. The second-order valence-electron chi connectivity index (χ2n) is 1.77. The van der Waals surface area contributed by atoms with Crippen molar-refractivity contribution in [3.05, 3.63) is 11.8 Å². The van der Waals surface area contributed by atoms with Crippen molar-refractivity contribution >= 4 is 14.6 Å². The van der Waals surface area contributed by atoms with Crippen molar-refractivity contribution in [2.45, 2.75) is 6.92 Å². The van der Waals surface area contributed by atoms with E-state index < -0.39 is 14.6 Å². The van der Waals surface area contributed by atoms with Crippen molar-refractivity contribution in [1.29, 1.82) is 0 Å². The zero-order valence-corrected chi connectivity index (χ0v) is 8.00. The summed E-state index contributed by atoms with van der Waals surface area (Å²) in [5.41, 5.74) is 0. The summed E-state index contributed by atoms with van der Waals surface area (Å²) < 4.78 is 14.4. The maximum absolute atomic E-state index is 10.1. The van der Waals surface area contributed by atoms with Crippen molar-refractivity contribution in [2.24, 2.45) is 0 Å². The Morgan fingerprint density at radius 1 is 1.42 bits per heavy atom. The minimum atomic E-state index is -1.46. The van der Waals surface area contributed by atoms with E-state index >= 15 is 0 Å². The SMILES string of the molecule is COP(OC)OC(C)=CC(=O)O. The predicted octanol–water partition coefficient (Wildman–Crippen LogP) is 1.51. The van der Waals surface area contributed by atoms with Gasteiger partial charge in [-0.3, -0.25) is 0 Å². The molecule has 0 aromatic rings. The van der Waals surface area contributed by atoms with Crippen molar-refractivity contribution in [2.75, 3.05) is 14.2 Å². The molecular weight excluding hydrogens is 183 g/mol. The van der Waals surface area contributed by atoms with Gasteiger partial charge >= 0.3 is 14.6 Å². The molecule has 0 amide bonds. The second kappa shape index (κ2) is 5.94. The van der Waals surface area contributed by atoms with Gasteiger partial charge in [-0.25, -0.2) is 4.79 Å². The number of carboxylic acids is 1. The number of rotatable bonds is 5. The Kier molecular flexibility index (Phi) is 5.62. The number of aliphatic carboxylic acids is 1. The number of hydrogen-bond donors (Lipinski definition) is 1. The molecule has 1 N–H and O–H groups in total. The van der Waals surface area contributed by atoms with Gasteiger partial charge in [0.25, 0.3) is 0 Å². The summed E-state index contributed by atoms with van der Waals surface area (Å²) in [6.45, 7) is 1.52. The molecule has 0 saturated carbocycles. The van der Waals surface area contributed by atoms with E-state index in [1.807, 2.05) is 0 Å². The first-order valence-electron chi connectivity index (χ1n) is 3.07. The summed E-state index contributed by atoms with van der Waals surface area (Å²) in [4.78, 5) is 10.1. The highest BCUT2D eigenvalue weighted by Gasteiger charge is 2.09. The summed E-state index contributed by atoms with van der Waals surface area (Å²) in [5.74, 6) is -0.813. The van der Waals surface area contributed by atoms with Crippen LogP contribution in [0.15, 0.2) is 11.8 Å². The standard InChI is InChI=1S/C6H11O5P/c1-5(4-6(7)8)11-12(9-2)10-3/h4H,1-3H3,(H,7,8). The molecule has 5 nitrogen and oxygen atoms in total. The van der Waals surface area contributed by atoms with Gasteiger partial charge in [0.1, 0.15) is 5.76 Å². The maximum Gasteiger partial charge on any atom is 0.396 e. The van der Waals surface area contributed by atoms with E-state index in [-0.39, 0.29) is 5.76 Å². The Bertz CT molecular complexity index is 175. The van der Waals surface area contributed by atoms with Crippen LogP contribution in [0.25, 0.3) is 0 Å². The molecule has 70 valence electrons. The van der Waals surface area contributed by atoms with E-state index in [1.54, 1.807) is 0 Å². The third-order valence-corrected chi connectivity index (χ3v) is 1.88. The topological polar surface area (TPSA) is 65.0 Å². The van der Waals surface area contributed by atoms with Crippen LogP contribution in [-0.2, 0) is 18.4 Å². The van der Waals surface area contributed by atoms with Crippen molar-refractivity contribution in [3.8, 4) is 0 Å². The quantitative estimate of drug-likeness (QED) is 0.408. The summed E-state index contributed by atoms with van der Waals surface area (Å²) in [5, 5.41) is 8.31. The Morgan fingerprint density at radius 3 is 2.25 bits per heavy atom. The second-order valence-corrected chi connectivity index (χ2v) is 3.13. The van der Waals surface area contributed by atoms with Crippen LogP contribution in [0, 0.1) is 0 Å². The van der Waals surface area contributed by atoms with Crippen molar-refractivity contribution in [1.82, 2.24) is 0 Å². The van der Waals surface area contributed by atoms with Gasteiger partial charge in [0, 0.05) is 14.2 Å². The first-order chi connectivity index (χ1) is 5.60. The highest BCUT2D eigenvalue weighted by atomic mass is 31.2. The summed E-state index contributed by atoms with van der Waals surface area (Å²) in [6, 6.07) is 0. The minimum Gasteiger partial charge on any atom is -0.478 e. The maximum atomic E-state index is 10.1. The van der Waals surface area contributed by atoms with Gasteiger partial charge in [-0.1, -0.05) is 0 Å². The first kappa shape index (κ1) is 11.4. The highest BCUT2D eigenvalue weighted by molar-refractivity contribution is 7.41. The fourth-order valence-corrected chi connectivity index (χ4v) is 1.05. The monoisotopic (exact) mass is 194 g/mol. The van der Waals surface area contributed by atoms with Crippen LogP contribution in [0.2, 0.25) is 0 Å². The molecule has 0 saturated heterocycles. The average Bonchev–Trinajstić information content (AvgIpc) is 1.98. The lowest BCUT2D eigenvalue weighted by atomic mass is 10.5. The Hall–Kier alpha value is -0.640. The van der Waals surface area contributed by atoms with Crippen molar-refractivity contribution in [3.63, 3.8) is 0 Å². The number of carboxylic acid groups (broad SMARTS) is 1. The molecule has 0 bridgehead atoms. The molecule has 0 rings (SSSR count). The molecular formula is C6H11O5P. The molecule has 0 radical (unpaired) electrons. The van der Waals surface area contributed by atoms with Crippen LogP contribution in [-0.4, -0.2) is 25.3 Å². The number of hydrogen-bond acceptors (Lipinski definition) is 4. The Labute approximate surface area is 71.9 Å². The Morgan fingerprint density at radius 2 is 1.92 bits per heavy atom. The van der Waals surface area contributed by atoms with Gasteiger partial charge in [-0.15, -0.1) is 0 Å². The fourth-order valence-electron chi connectivity index (χ4n) is 0.467. The molecule has 0 aromatic heterocycles. The molecule has 6 heteroatoms. The van der Waals surface area contributed by atoms with Crippen LogP contribution in [0.5, 0.6) is 0 Å². The number of allylic oxidation sites excluding steroid dienone is 1. The average molecular weight is 194 g/mol. The largest absolute Gasteiger partial charge is 0.478 e. The van der Waals surface area contributed by atoms with Gasteiger partial charge in [0.05, 0.1) is 6.08 Å². The van der Waals surface area contributed by atoms with Crippen LogP contribution >= 0.6 is 8.60 Å². The molecule has 0 unspecified atom stereocenters. The van der Waals surface area contributed by atoms with E-state index in [0.29, 0.717) is 0 Å². The van der Waals surface area contributed by atoms with Crippen LogP contribution in [0.3, 0.4) is 0 Å². The van der Waals surface area contributed by atoms with Crippen LogP contribution < -0.4 is 0 Å². The lowest BCUT2D eigenvalue weighted by Crippen LogP contribution is -1.93. The zero-order valence-electron chi connectivity index (χ0n) is 7.10. The summed E-state index contributed by atoms with van der Waals surface area (Å²) >= 11 is 0. The zero-order chi connectivity index (χ0) is 9.56. The van der Waals surface area contributed by atoms with Gasteiger partial charge in [-0.05, 0) is 6.92 Å². The van der Waals surface area contributed by atoms with Gasteiger partial charge < -0.3 is 18.7 Å². The molecule has 0 aliphatic heterocycles. The van der Waals surface area contributed by atoms with Gasteiger partial charge in [0.2, 0.25) is 0 Å². The number of carbonyl (C=O) groups is 1. The summed E-state index contributed by atoms with van der Waals surface area (Å²) in [6.07, 6.45) is 0.938. The minimum absolute atomic E-state index is 0.248. The van der Waals surface area contributed by atoms with Gasteiger partial charge in [0.15, 0.2) is 0 Å².